The molecule has 0 spiro atoms. The Balaban J connectivity index is 1.85. The highest BCUT2D eigenvalue weighted by atomic mass is 16.5. The van der Waals surface area contributed by atoms with Gasteiger partial charge in [-0.1, -0.05) is 29.8 Å². The van der Waals surface area contributed by atoms with E-state index in [4.69, 9.17) is 4.74 Å². The van der Waals surface area contributed by atoms with Gasteiger partial charge < -0.3 is 9.84 Å². The second kappa shape index (κ2) is 7.21. The van der Waals surface area contributed by atoms with Gasteiger partial charge in [0.25, 0.3) is 0 Å². The predicted octanol–water partition coefficient (Wildman–Crippen LogP) is 2.75. The van der Waals surface area contributed by atoms with E-state index >= 15 is 0 Å². The summed E-state index contributed by atoms with van der Waals surface area (Å²) >= 11 is 0. The normalized spacial score (nSPS) is 16.9. The smallest absolute Gasteiger partial charge is 0.0900 e. The first-order chi connectivity index (χ1) is 9.54. The zero-order valence-electron chi connectivity index (χ0n) is 12.9. The van der Waals surface area contributed by atoms with E-state index in [0.717, 1.165) is 6.54 Å². The van der Waals surface area contributed by atoms with Crippen molar-refractivity contribution in [2.24, 2.45) is 0 Å². The van der Waals surface area contributed by atoms with Gasteiger partial charge in [-0.25, -0.2) is 0 Å². The fourth-order valence-corrected chi connectivity index (χ4v) is 2.34. The Morgan fingerprint density at radius 2 is 1.90 bits per heavy atom. The number of aliphatic hydroxyl groups excluding tert-OH is 1. The molecule has 1 aromatic rings. The van der Waals surface area contributed by atoms with Crippen molar-refractivity contribution in [1.82, 2.24) is 4.90 Å². The van der Waals surface area contributed by atoms with E-state index in [1.807, 2.05) is 13.8 Å². The Morgan fingerprint density at radius 1 is 1.25 bits per heavy atom. The van der Waals surface area contributed by atoms with Gasteiger partial charge in [-0.3, -0.25) is 4.90 Å². The molecule has 2 rings (SSSR count). The molecule has 0 amide bonds. The molecule has 0 aliphatic heterocycles. The summed E-state index contributed by atoms with van der Waals surface area (Å²) in [6.45, 7) is 8.15. The van der Waals surface area contributed by atoms with Gasteiger partial charge in [0.2, 0.25) is 0 Å². The maximum absolute atomic E-state index is 10.1. The van der Waals surface area contributed by atoms with Crippen LogP contribution in [0.2, 0.25) is 0 Å². The van der Waals surface area contributed by atoms with Crippen LogP contribution in [0.4, 0.5) is 0 Å². The third-order valence-corrected chi connectivity index (χ3v) is 3.64. The molecule has 3 heteroatoms. The average molecular weight is 277 g/mol. The fourth-order valence-electron chi connectivity index (χ4n) is 2.34. The first-order valence-electron chi connectivity index (χ1n) is 7.64. The number of ether oxygens (including phenoxy) is 1. The summed E-state index contributed by atoms with van der Waals surface area (Å²) < 4.78 is 5.49. The molecular formula is C17H27NO2. The average Bonchev–Trinajstić information content (AvgIpc) is 3.22. The van der Waals surface area contributed by atoms with Gasteiger partial charge in [0.1, 0.15) is 0 Å². The summed E-state index contributed by atoms with van der Waals surface area (Å²) in [6, 6.07) is 9.31. The summed E-state index contributed by atoms with van der Waals surface area (Å²) in [5.41, 5.74) is 2.61. The third kappa shape index (κ3) is 5.23. The van der Waals surface area contributed by atoms with Crippen molar-refractivity contribution in [1.29, 1.82) is 0 Å². The summed E-state index contributed by atoms with van der Waals surface area (Å²) in [4.78, 5) is 2.39. The number of benzene rings is 1. The van der Waals surface area contributed by atoms with Crippen molar-refractivity contribution in [2.75, 3.05) is 13.2 Å². The number of hydrogen-bond donors (Lipinski definition) is 1. The molecule has 0 saturated heterocycles. The summed E-state index contributed by atoms with van der Waals surface area (Å²) in [7, 11) is 0. The van der Waals surface area contributed by atoms with Crippen molar-refractivity contribution in [3.8, 4) is 0 Å². The lowest BCUT2D eigenvalue weighted by atomic mass is 10.1. The van der Waals surface area contributed by atoms with Gasteiger partial charge in [0.15, 0.2) is 0 Å². The van der Waals surface area contributed by atoms with Crippen LogP contribution in [0.15, 0.2) is 24.3 Å². The molecule has 0 heterocycles. The van der Waals surface area contributed by atoms with E-state index < -0.39 is 6.10 Å². The molecular weight excluding hydrogens is 250 g/mol. The number of hydrogen-bond acceptors (Lipinski definition) is 3. The van der Waals surface area contributed by atoms with Crippen LogP contribution in [0.1, 0.15) is 37.8 Å². The molecule has 0 aromatic heterocycles. The minimum Gasteiger partial charge on any atom is -0.389 e. The van der Waals surface area contributed by atoms with E-state index in [-0.39, 0.29) is 6.10 Å². The molecule has 1 unspecified atom stereocenters. The van der Waals surface area contributed by atoms with Crippen molar-refractivity contribution in [3.63, 3.8) is 0 Å². The zero-order valence-corrected chi connectivity index (χ0v) is 12.9. The lowest BCUT2D eigenvalue weighted by Gasteiger charge is -2.25. The predicted molar refractivity (Wildman–Crippen MR) is 81.7 cm³/mol. The zero-order chi connectivity index (χ0) is 14.5. The Bertz CT molecular complexity index is 398. The summed E-state index contributed by atoms with van der Waals surface area (Å²) in [5, 5.41) is 10.1. The minimum atomic E-state index is -0.400. The Hall–Kier alpha value is -0.900. The van der Waals surface area contributed by atoms with Crippen molar-refractivity contribution >= 4 is 0 Å². The van der Waals surface area contributed by atoms with Gasteiger partial charge in [0.05, 0.1) is 18.8 Å². The van der Waals surface area contributed by atoms with Crippen LogP contribution in [0.3, 0.4) is 0 Å². The minimum absolute atomic E-state index is 0.177. The maximum Gasteiger partial charge on any atom is 0.0900 e. The monoisotopic (exact) mass is 277 g/mol. The molecule has 1 fully saturated rings. The van der Waals surface area contributed by atoms with Gasteiger partial charge in [0, 0.05) is 19.1 Å². The van der Waals surface area contributed by atoms with Gasteiger partial charge in [-0.15, -0.1) is 0 Å². The third-order valence-electron chi connectivity index (χ3n) is 3.64. The van der Waals surface area contributed by atoms with E-state index in [2.05, 4.69) is 36.1 Å². The standard InChI is InChI=1S/C17H27NO2/c1-13(2)20-12-17(19)11-18(16-8-9-16)10-15-6-4-14(3)5-7-15/h4-7,13,16-17,19H,8-12H2,1-3H3. The second-order valence-corrected chi connectivity index (χ2v) is 6.18. The highest BCUT2D eigenvalue weighted by molar-refractivity contribution is 5.21. The molecule has 20 heavy (non-hydrogen) atoms. The van der Waals surface area contributed by atoms with Gasteiger partial charge in [-0.05, 0) is 39.2 Å². The summed E-state index contributed by atoms with van der Waals surface area (Å²) in [6.07, 6.45) is 2.28. The van der Waals surface area contributed by atoms with Crippen molar-refractivity contribution < 1.29 is 9.84 Å². The molecule has 1 saturated carbocycles. The first-order valence-corrected chi connectivity index (χ1v) is 7.64. The highest BCUT2D eigenvalue weighted by Gasteiger charge is 2.30. The number of aliphatic hydroxyl groups is 1. The van der Waals surface area contributed by atoms with Crippen LogP contribution >= 0.6 is 0 Å². The lowest BCUT2D eigenvalue weighted by Crippen LogP contribution is -2.36. The Morgan fingerprint density at radius 3 is 2.45 bits per heavy atom. The van der Waals surface area contributed by atoms with Crippen LogP contribution in [0.5, 0.6) is 0 Å². The molecule has 0 bridgehead atoms. The van der Waals surface area contributed by atoms with E-state index in [1.54, 1.807) is 0 Å². The Labute approximate surface area is 122 Å². The fraction of sp³-hybridized carbons (Fsp3) is 0.647. The SMILES string of the molecule is Cc1ccc(CN(CC(O)COC(C)C)C2CC2)cc1. The molecule has 1 aromatic carbocycles. The molecule has 0 radical (unpaired) electrons. The quantitative estimate of drug-likeness (QED) is 0.793. The molecule has 112 valence electrons. The molecule has 1 atom stereocenters. The molecule has 1 aliphatic carbocycles. The molecule has 3 nitrogen and oxygen atoms in total. The van der Waals surface area contributed by atoms with Crippen molar-refractivity contribution in [3.05, 3.63) is 35.4 Å². The van der Waals surface area contributed by atoms with E-state index in [0.29, 0.717) is 19.2 Å². The summed E-state index contributed by atoms with van der Waals surface area (Å²) in [5.74, 6) is 0. The van der Waals surface area contributed by atoms with Gasteiger partial charge >= 0.3 is 0 Å². The van der Waals surface area contributed by atoms with Gasteiger partial charge in [-0.2, -0.15) is 0 Å². The number of rotatable bonds is 8. The van der Waals surface area contributed by atoms with Crippen LogP contribution in [-0.4, -0.2) is 41.4 Å². The number of nitrogens with zero attached hydrogens (tertiary/aromatic N) is 1. The van der Waals surface area contributed by atoms with Crippen LogP contribution in [-0.2, 0) is 11.3 Å². The van der Waals surface area contributed by atoms with Crippen molar-refractivity contribution in [2.45, 2.75) is 58.4 Å². The largest absolute Gasteiger partial charge is 0.389 e. The van der Waals surface area contributed by atoms with Crippen LogP contribution in [0.25, 0.3) is 0 Å². The first kappa shape index (κ1) is 15.5. The molecule has 1 aliphatic rings. The van der Waals surface area contributed by atoms with E-state index in [9.17, 15) is 5.11 Å². The Kier molecular flexibility index (Phi) is 5.58. The second-order valence-electron chi connectivity index (χ2n) is 6.18. The lowest BCUT2D eigenvalue weighted by molar-refractivity contribution is -0.0107. The highest BCUT2D eigenvalue weighted by Crippen LogP contribution is 2.28. The molecule has 1 N–H and O–H groups in total. The van der Waals surface area contributed by atoms with E-state index in [1.165, 1.54) is 24.0 Å². The van der Waals surface area contributed by atoms with Crippen LogP contribution in [0, 0.1) is 6.92 Å². The van der Waals surface area contributed by atoms with Crippen LogP contribution < -0.4 is 0 Å². The maximum atomic E-state index is 10.1. The number of aryl methyl sites for hydroxylation is 1. The topological polar surface area (TPSA) is 32.7 Å².